The minimum absolute atomic E-state index is 0.188. The summed E-state index contributed by atoms with van der Waals surface area (Å²) in [5.74, 6) is 2.63. The van der Waals surface area contributed by atoms with E-state index in [1.54, 1.807) is 12.1 Å². The molecular weight excluding hydrogens is 205 g/mol. The average Bonchev–Trinajstić information content (AvgIpc) is 2.16. The molecule has 0 saturated heterocycles. The van der Waals surface area contributed by atoms with Gasteiger partial charge in [-0.2, -0.15) is 13.2 Å². The second-order valence-electron chi connectivity index (χ2n) is 2.93. The number of terminal acetylenes is 1. The Hall–Kier alpha value is -1.63. The molecule has 0 heterocycles. The van der Waals surface area contributed by atoms with Crippen LogP contribution in [0.1, 0.15) is 5.56 Å². The van der Waals surface area contributed by atoms with Crippen LogP contribution in [0.15, 0.2) is 24.3 Å². The Morgan fingerprint density at radius 1 is 1.20 bits per heavy atom. The first-order valence-corrected chi connectivity index (χ1v) is 4.23. The van der Waals surface area contributed by atoms with Crippen LogP contribution in [0.3, 0.4) is 0 Å². The molecule has 0 spiro atoms. The van der Waals surface area contributed by atoms with E-state index in [0.717, 1.165) is 5.56 Å². The number of benzene rings is 1. The fourth-order valence-corrected chi connectivity index (χ4v) is 0.987. The molecule has 1 rings (SSSR count). The van der Waals surface area contributed by atoms with Gasteiger partial charge in [-0.15, -0.1) is 12.3 Å². The van der Waals surface area contributed by atoms with Gasteiger partial charge in [0.25, 0.3) is 0 Å². The zero-order chi connectivity index (χ0) is 11.3. The minimum atomic E-state index is -4.31. The fourth-order valence-electron chi connectivity index (χ4n) is 0.987. The molecule has 1 nitrogen and oxygen atoms in total. The molecule has 1 aromatic rings. The highest BCUT2D eigenvalue weighted by atomic mass is 19.4. The van der Waals surface area contributed by atoms with Gasteiger partial charge in [-0.25, -0.2) is 0 Å². The van der Waals surface area contributed by atoms with Crippen LogP contribution in [0.4, 0.5) is 13.2 Å². The van der Waals surface area contributed by atoms with Crippen LogP contribution < -0.4 is 4.74 Å². The van der Waals surface area contributed by atoms with Gasteiger partial charge in [0.05, 0.1) is 0 Å². The highest BCUT2D eigenvalue weighted by Gasteiger charge is 2.28. The number of hydrogen-bond donors (Lipinski definition) is 0. The Balaban J connectivity index is 2.54. The van der Waals surface area contributed by atoms with Crippen LogP contribution in [-0.2, 0) is 6.42 Å². The van der Waals surface area contributed by atoms with Crippen LogP contribution in [0.25, 0.3) is 0 Å². The topological polar surface area (TPSA) is 9.23 Å². The molecule has 4 heteroatoms. The Kier molecular flexibility index (Phi) is 3.62. The van der Waals surface area contributed by atoms with Crippen molar-refractivity contribution in [3.8, 4) is 18.1 Å². The molecule has 0 amide bonds. The third-order valence-corrected chi connectivity index (χ3v) is 1.63. The summed E-state index contributed by atoms with van der Waals surface area (Å²) in [6.07, 6.45) is 1.23. The lowest BCUT2D eigenvalue weighted by Crippen LogP contribution is -2.19. The highest BCUT2D eigenvalue weighted by molar-refractivity contribution is 5.29. The van der Waals surface area contributed by atoms with Gasteiger partial charge in [-0.3, -0.25) is 0 Å². The first kappa shape index (κ1) is 11.4. The van der Waals surface area contributed by atoms with Crippen molar-refractivity contribution in [2.75, 3.05) is 6.61 Å². The van der Waals surface area contributed by atoms with E-state index < -0.39 is 12.8 Å². The quantitative estimate of drug-likeness (QED) is 0.703. The van der Waals surface area contributed by atoms with Gasteiger partial charge in [-0.1, -0.05) is 12.1 Å². The van der Waals surface area contributed by atoms with Crippen LogP contribution in [0, 0.1) is 12.3 Å². The van der Waals surface area contributed by atoms with E-state index in [1.165, 1.54) is 12.1 Å². The summed E-state index contributed by atoms with van der Waals surface area (Å²) < 4.78 is 39.9. The van der Waals surface area contributed by atoms with Gasteiger partial charge < -0.3 is 4.74 Å². The summed E-state index contributed by atoms with van der Waals surface area (Å²) in [5.41, 5.74) is 0.872. The lowest BCUT2D eigenvalue weighted by atomic mass is 10.1. The molecule has 0 aliphatic rings. The van der Waals surface area contributed by atoms with Crippen LogP contribution in [0.5, 0.6) is 5.75 Å². The van der Waals surface area contributed by atoms with Crippen molar-refractivity contribution in [1.29, 1.82) is 0 Å². The first-order chi connectivity index (χ1) is 7.01. The molecule has 0 aromatic heterocycles. The molecule has 0 bridgehead atoms. The van der Waals surface area contributed by atoms with Crippen molar-refractivity contribution in [1.82, 2.24) is 0 Å². The highest BCUT2D eigenvalue weighted by Crippen LogP contribution is 2.18. The van der Waals surface area contributed by atoms with Crippen molar-refractivity contribution in [3.63, 3.8) is 0 Å². The van der Waals surface area contributed by atoms with Gasteiger partial charge in [0, 0.05) is 6.42 Å². The Labute approximate surface area is 85.9 Å². The van der Waals surface area contributed by atoms with E-state index >= 15 is 0 Å². The van der Waals surface area contributed by atoms with Gasteiger partial charge in [0.15, 0.2) is 6.61 Å². The van der Waals surface area contributed by atoms with Crippen LogP contribution in [-0.4, -0.2) is 12.8 Å². The average molecular weight is 214 g/mol. The van der Waals surface area contributed by atoms with Gasteiger partial charge in [-0.05, 0) is 17.7 Å². The predicted molar refractivity (Wildman–Crippen MR) is 50.5 cm³/mol. The summed E-state index contributed by atoms with van der Waals surface area (Å²) in [6.45, 7) is -1.28. The molecule has 0 N–H and O–H groups in total. The molecular formula is C11H9F3O. The standard InChI is InChI=1S/C11H9F3O/c1-2-3-9-4-6-10(7-5-9)15-8-11(12,13)14/h1,4-7H,3,8H2. The summed E-state index contributed by atoms with van der Waals surface area (Å²) >= 11 is 0. The maximum absolute atomic E-state index is 11.8. The third kappa shape index (κ3) is 4.41. The molecule has 0 unspecified atom stereocenters. The van der Waals surface area contributed by atoms with E-state index in [-0.39, 0.29) is 5.75 Å². The minimum Gasteiger partial charge on any atom is -0.484 e. The van der Waals surface area contributed by atoms with Crippen molar-refractivity contribution in [2.24, 2.45) is 0 Å². The molecule has 15 heavy (non-hydrogen) atoms. The molecule has 0 radical (unpaired) electrons. The van der Waals surface area contributed by atoms with Gasteiger partial charge in [0.1, 0.15) is 5.75 Å². The van der Waals surface area contributed by atoms with Crippen molar-refractivity contribution < 1.29 is 17.9 Å². The summed E-state index contributed by atoms with van der Waals surface area (Å²) in [7, 11) is 0. The largest absolute Gasteiger partial charge is 0.484 e. The maximum atomic E-state index is 11.8. The van der Waals surface area contributed by atoms with Gasteiger partial charge >= 0.3 is 6.18 Å². The fraction of sp³-hybridized carbons (Fsp3) is 0.273. The number of halogens is 3. The lowest BCUT2D eigenvalue weighted by Gasteiger charge is -2.08. The van der Waals surface area contributed by atoms with E-state index in [0.29, 0.717) is 6.42 Å². The third-order valence-electron chi connectivity index (χ3n) is 1.63. The van der Waals surface area contributed by atoms with E-state index in [9.17, 15) is 13.2 Å². The Bertz CT molecular complexity index is 346. The second kappa shape index (κ2) is 4.74. The molecule has 1 aromatic carbocycles. The maximum Gasteiger partial charge on any atom is 0.422 e. The smallest absolute Gasteiger partial charge is 0.422 e. The molecule has 0 aliphatic carbocycles. The Morgan fingerprint density at radius 2 is 1.80 bits per heavy atom. The second-order valence-corrected chi connectivity index (χ2v) is 2.93. The normalized spacial score (nSPS) is 10.8. The monoisotopic (exact) mass is 214 g/mol. The van der Waals surface area contributed by atoms with Gasteiger partial charge in [0.2, 0.25) is 0 Å². The zero-order valence-corrected chi connectivity index (χ0v) is 7.84. The number of ether oxygens (including phenoxy) is 1. The molecule has 0 fully saturated rings. The van der Waals surface area contributed by atoms with Crippen LogP contribution in [0.2, 0.25) is 0 Å². The summed E-state index contributed by atoms with van der Waals surface area (Å²) in [6, 6.07) is 6.23. The Morgan fingerprint density at radius 3 is 2.27 bits per heavy atom. The van der Waals surface area contributed by atoms with Crippen LogP contribution >= 0.6 is 0 Å². The number of alkyl halides is 3. The number of hydrogen-bond acceptors (Lipinski definition) is 1. The van der Waals surface area contributed by atoms with Crippen molar-refractivity contribution >= 4 is 0 Å². The first-order valence-electron chi connectivity index (χ1n) is 4.23. The van der Waals surface area contributed by atoms with E-state index in [4.69, 9.17) is 6.42 Å². The summed E-state index contributed by atoms with van der Waals surface area (Å²) in [4.78, 5) is 0. The SMILES string of the molecule is C#CCc1ccc(OCC(F)(F)F)cc1. The van der Waals surface area contributed by atoms with Crippen molar-refractivity contribution in [3.05, 3.63) is 29.8 Å². The van der Waals surface area contributed by atoms with Crippen molar-refractivity contribution in [2.45, 2.75) is 12.6 Å². The van der Waals surface area contributed by atoms with E-state index in [1.807, 2.05) is 0 Å². The molecule has 0 atom stereocenters. The zero-order valence-electron chi connectivity index (χ0n) is 7.84. The lowest BCUT2D eigenvalue weighted by molar-refractivity contribution is -0.153. The number of rotatable bonds is 3. The molecule has 0 saturated carbocycles. The molecule has 0 aliphatic heterocycles. The summed E-state index contributed by atoms with van der Waals surface area (Å²) in [5, 5.41) is 0. The predicted octanol–water partition coefficient (Wildman–Crippen LogP) is 2.80. The van der Waals surface area contributed by atoms with E-state index in [2.05, 4.69) is 10.7 Å². The molecule has 80 valence electrons.